The van der Waals surface area contributed by atoms with Crippen LogP contribution in [-0.4, -0.2) is 29.1 Å². The number of carbonyl (C=O) groups is 1. The minimum atomic E-state index is 0.0241. The summed E-state index contributed by atoms with van der Waals surface area (Å²) in [5, 5.41) is 3.09. The highest BCUT2D eigenvalue weighted by Crippen LogP contribution is 2.34. The molecule has 0 spiro atoms. The standard InChI is InChI=1S/C25H29N3O2/c1-17-6-3-10-22(18(17)2)25(23-14-26-16-27-23)20-8-4-9-21(13-20)28-24(29)12-19-7-5-11-30-15-19/h3-4,6,8-10,13-14,16,19,25H,5,7,11-12,15H2,1-2H3,(H,26,27)(H,28,29). The number of anilines is 1. The summed E-state index contributed by atoms with van der Waals surface area (Å²) < 4.78 is 5.51. The lowest BCUT2D eigenvalue weighted by molar-refractivity contribution is -0.118. The van der Waals surface area contributed by atoms with Gasteiger partial charge in [0.2, 0.25) is 5.91 Å². The van der Waals surface area contributed by atoms with Gasteiger partial charge in [-0.25, -0.2) is 4.98 Å². The molecule has 5 heteroatoms. The van der Waals surface area contributed by atoms with Crippen LogP contribution >= 0.6 is 0 Å². The highest BCUT2D eigenvalue weighted by atomic mass is 16.5. The lowest BCUT2D eigenvalue weighted by Gasteiger charge is -2.22. The Hall–Kier alpha value is -2.92. The third kappa shape index (κ3) is 4.62. The van der Waals surface area contributed by atoms with Gasteiger partial charge in [-0.1, -0.05) is 30.3 Å². The number of hydrogen-bond donors (Lipinski definition) is 2. The van der Waals surface area contributed by atoms with Crippen molar-refractivity contribution >= 4 is 11.6 Å². The van der Waals surface area contributed by atoms with Crippen LogP contribution in [0.2, 0.25) is 0 Å². The number of rotatable bonds is 6. The van der Waals surface area contributed by atoms with Crippen molar-refractivity contribution in [2.45, 2.75) is 39.0 Å². The van der Waals surface area contributed by atoms with E-state index in [1.165, 1.54) is 16.7 Å². The molecule has 1 aliphatic rings. The van der Waals surface area contributed by atoms with Gasteiger partial charge >= 0.3 is 0 Å². The molecule has 1 amide bonds. The van der Waals surface area contributed by atoms with Gasteiger partial charge in [0.25, 0.3) is 0 Å². The van der Waals surface area contributed by atoms with E-state index in [0.717, 1.165) is 36.4 Å². The number of nitrogens with one attached hydrogen (secondary N) is 2. The van der Waals surface area contributed by atoms with Crippen LogP contribution in [0.15, 0.2) is 55.0 Å². The molecule has 0 bridgehead atoms. The molecule has 4 rings (SSSR count). The topological polar surface area (TPSA) is 67.0 Å². The minimum Gasteiger partial charge on any atom is -0.381 e. The second kappa shape index (κ2) is 9.26. The van der Waals surface area contributed by atoms with Crippen molar-refractivity contribution in [3.63, 3.8) is 0 Å². The minimum absolute atomic E-state index is 0.0241. The Kier molecular flexibility index (Phi) is 6.29. The zero-order valence-electron chi connectivity index (χ0n) is 17.7. The first-order valence-corrected chi connectivity index (χ1v) is 10.6. The van der Waals surface area contributed by atoms with Gasteiger partial charge in [-0.2, -0.15) is 0 Å². The molecule has 2 heterocycles. The fraction of sp³-hybridized carbons (Fsp3) is 0.360. The van der Waals surface area contributed by atoms with Gasteiger partial charge in [0.05, 0.1) is 12.2 Å². The van der Waals surface area contributed by atoms with Crippen LogP contribution in [0.25, 0.3) is 0 Å². The summed E-state index contributed by atoms with van der Waals surface area (Å²) in [7, 11) is 0. The molecule has 2 N–H and O–H groups in total. The number of ether oxygens (including phenoxy) is 1. The molecule has 2 atom stereocenters. The third-order valence-electron chi connectivity index (χ3n) is 6.02. The van der Waals surface area contributed by atoms with Gasteiger partial charge in [0.1, 0.15) is 0 Å². The van der Waals surface area contributed by atoms with Gasteiger partial charge < -0.3 is 15.0 Å². The molecule has 1 saturated heterocycles. The van der Waals surface area contributed by atoms with Crippen LogP contribution < -0.4 is 5.32 Å². The molecule has 2 unspecified atom stereocenters. The maximum absolute atomic E-state index is 12.6. The first kappa shape index (κ1) is 20.4. The van der Waals surface area contributed by atoms with E-state index < -0.39 is 0 Å². The molecule has 1 aliphatic heterocycles. The molecule has 3 aromatic rings. The molecular formula is C25H29N3O2. The van der Waals surface area contributed by atoms with Crippen molar-refractivity contribution in [3.8, 4) is 0 Å². The van der Waals surface area contributed by atoms with Crippen molar-refractivity contribution in [2.24, 2.45) is 5.92 Å². The van der Waals surface area contributed by atoms with Gasteiger partial charge in [0, 0.05) is 37.2 Å². The van der Waals surface area contributed by atoms with Crippen LogP contribution in [0.1, 0.15) is 53.1 Å². The smallest absolute Gasteiger partial charge is 0.224 e. The van der Waals surface area contributed by atoms with E-state index in [1.54, 1.807) is 6.33 Å². The Morgan fingerprint density at radius 1 is 1.27 bits per heavy atom. The van der Waals surface area contributed by atoms with E-state index in [2.05, 4.69) is 59.5 Å². The largest absolute Gasteiger partial charge is 0.381 e. The average Bonchev–Trinajstić information content (AvgIpc) is 3.27. The maximum atomic E-state index is 12.6. The predicted octanol–water partition coefficient (Wildman–Crippen LogP) is 4.96. The zero-order chi connectivity index (χ0) is 20.9. The van der Waals surface area contributed by atoms with Crippen LogP contribution in [0.5, 0.6) is 0 Å². The van der Waals surface area contributed by atoms with E-state index in [-0.39, 0.29) is 11.8 Å². The quantitative estimate of drug-likeness (QED) is 0.611. The van der Waals surface area contributed by atoms with E-state index in [4.69, 9.17) is 4.74 Å². The number of imidazole rings is 1. The first-order valence-electron chi connectivity index (χ1n) is 10.6. The number of H-pyrrole nitrogens is 1. The molecule has 1 fully saturated rings. The molecule has 0 saturated carbocycles. The predicted molar refractivity (Wildman–Crippen MR) is 119 cm³/mol. The Morgan fingerprint density at radius 3 is 2.90 bits per heavy atom. The van der Waals surface area contributed by atoms with Crippen molar-refractivity contribution in [1.82, 2.24) is 9.97 Å². The number of hydrogen-bond acceptors (Lipinski definition) is 3. The van der Waals surface area contributed by atoms with E-state index in [9.17, 15) is 4.79 Å². The number of aromatic nitrogens is 2. The molecule has 5 nitrogen and oxygen atoms in total. The molecule has 0 radical (unpaired) electrons. The van der Waals surface area contributed by atoms with E-state index in [1.807, 2.05) is 18.3 Å². The summed E-state index contributed by atoms with van der Waals surface area (Å²) in [5.74, 6) is 0.387. The third-order valence-corrected chi connectivity index (χ3v) is 6.02. The van der Waals surface area contributed by atoms with Crippen molar-refractivity contribution in [1.29, 1.82) is 0 Å². The summed E-state index contributed by atoms with van der Waals surface area (Å²) in [6.07, 6.45) is 6.19. The Labute approximate surface area is 177 Å². The fourth-order valence-electron chi connectivity index (χ4n) is 4.28. The number of aromatic amines is 1. The second-order valence-electron chi connectivity index (χ2n) is 8.19. The summed E-state index contributed by atoms with van der Waals surface area (Å²) in [6, 6.07) is 14.5. The summed E-state index contributed by atoms with van der Waals surface area (Å²) in [4.78, 5) is 20.1. The first-order chi connectivity index (χ1) is 14.6. The van der Waals surface area contributed by atoms with Crippen LogP contribution in [-0.2, 0) is 9.53 Å². The summed E-state index contributed by atoms with van der Waals surface area (Å²) >= 11 is 0. The summed E-state index contributed by atoms with van der Waals surface area (Å²) in [6.45, 7) is 5.79. The van der Waals surface area contributed by atoms with Crippen molar-refractivity contribution in [2.75, 3.05) is 18.5 Å². The van der Waals surface area contributed by atoms with E-state index in [0.29, 0.717) is 18.9 Å². The number of amides is 1. The monoisotopic (exact) mass is 403 g/mol. The SMILES string of the molecule is Cc1cccc(C(c2cccc(NC(=O)CC3CCCOC3)c2)c2cnc[nH]2)c1C. The number of benzene rings is 2. The van der Waals surface area contributed by atoms with Crippen LogP contribution in [0.4, 0.5) is 5.69 Å². The maximum Gasteiger partial charge on any atom is 0.224 e. The Balaban J connectivity index is 1.59. The molecule has 2 aromatic carbocycles. The molecule has 156 valence electrons. The van der Waals surface area contributed by atoms with Gasteiger partial charge in [-0.3, -0.25) is 4.79 Å². The van der Waals surface area contributed by atoms with Crippen molar-refractivity contribution < 1.29 is 9.53 Å². The van der Waals surface area contributed by atoms with Crippen LogP contribution in [0, 0.1) is 19.8 Å². The highest BCUT2D eigenvalue weighted by Gasteiger charge is 2.22. The highest BCUT2D eigenvalue weighted by molar-refractivity contribution is 5.91. The number of nitrogens with zero attached hydrogens (tertiary/aromatic N) is 1. The fourth-order valence-corrected chi connectivity index (χ4v) is 4.28. The van der Waals surface area contributed by atoms with Gasteiger partial charge in [0.15, 0.2) is 0 Å². The lowest BCUT2D eigenvalue weighted by Crippen LogP contribution is -2.23. The zero-order valence-corrected chi connectivity index (χ0v) is 17.7. The van der Waals surface area contributed by atoms with Gasteiger partial charge in [-0.05, 0) is 67.0 Å². The number of carbonyl (C=O) groups excluding carboxylic acids is 1. The number of aryl methyl sites for hydroxylation is 1. The lowest BCUT2D eigenvalue weighted by atomic mass is 9.85. The van der Waals surface area contributed by atoms with E-state index >= 15 is 0 Å². The van der Waals surface area contributed by atoms with Crippen LogP contribution in [0.3, 0.4) is 0 Å². The Bertz CT molecular complexity index is 991. The molecule has 1 aromatic heterocycles. The summed E-state index contributed by atoms with van der Waals surface area (Å²) in [5.41, 5.74) is 6.74. The second-order valence-corrected chi connectivity index (χ2v) is 8.19. The molecular weight excluding hydrogens is 374 g/mol. The normalized spacial score (nSPS) is 17.5. The van der Waals surface area contributed by atoms with Gasteiger partial charge in [-0.15, -0.1) is 0 Å². The average molecular weight is 404 g/mol. The van der Waals surface area contributed by atoms with Crippen molar-refractivity contribution in [3.05, 3.63) is 82.9 Å². The Morgan fingerprint density at radius 2 is 2.13 bits per heavy atom. The molecule has 0 aliphatic carbocycles. The molecule has 30 heavy (non-hydrogen) atoms.